The highest BCUT2D eigenvalue weighted by molar-refractivity contribution is 7.55. The summed E-state index contributed by atoms with van der Waals surface area (Å²) in [6, 6.07) is -0.842. The van der Waals surface area contributed by atoms with Crippen LogP contribution < -0.4 is 0 Å². The molecule has 0 aromatic carbocycles. The van der Waals surface area contributed by atoms with Crippen molar-refractivity contribution in [2.75, 3.05) is 0 Å². The molecule has 3 N–H and O–H groups in total. The molecule has 4 atom stereocenters. The summed E-state index contributed by atoms with van der Waals surface area (Å²) in [5.41, 5.74) is -0.505. The second kappa shape index (κ2) is 5.45. The smallest absolute Gasteiger partial charge is 0.348 e. The lowest BCUT2D eigenvalue weighted by molar-refractivity contribution is -0.0996. The lowest BCUT2D eigenvalue weighted by Crippen LogP contribution is -2.40. The Hall–Kier alpha value is -0.165. The molecule has 1 aliphatic heterocycles. The Balaban J connectivity index is 2.72. The fourth-order valence-corrected chi connectivity index (χ4v) is 2.02. The molecule has 1 saturated heterocycles. The van der Waals surface area contributed by atoms with Crippen LogP contribution in [0.2, 0.25) is 0 Å². The van der Waals surface area contributed by atoms with Crippen molar-refractivity contribution in [3.8, 4) is 0 Å². The number of aliphatic hydroxyl groups is 1. The van der Waals surface area contributed by atoms with Gasteiger partial charge in [-0.05, 0) is 26.8 Å². The molecule has 4 unspecified atom stereocenters. The summed E-state index contributed by atoms with van der Waals surface area (Å²) in [6.07, 6.45) is -1.59. The summed E-state index contributed by atoms with van der Waals surface area (Å²) < 4.78 is 21.5. The van der Waals surface area contributed by atoms with Crippen molar-refractivity contribution in [2.24, 2.45) is 0 Å². The third-order valence-electron chi connectivity index (χ3n) is 2.27. The van der Waals surface area contributed by atoms with Gasteiger partial charge in [0.2, 0.25) is 0 Å². The van der Waals surface area contributed by atoms with Gasteiger partial charge >= 0.3 is 7.60 Å². The molecule has 0 saturated carbocycles. The first-order chi connectivity index (χ1) is 7.99. The molecule has 1 rings (SSSR count). The van der Waals surface area contributed by atoms with E-state index >= 15 is 0 Å². The van der Waals surface area contributed by atoms with Crippen molar-refractivity contribution in [1.82, 2.24) is 0 Å². The molecule has 18 heavy (non-hydrogen) atoms. The first kappa shape index (κ1) is 15.9. The molecule has 6 nitrogen and oxygen atoms in total. The first-order valence-corrected chi connectivity index (χ1v) is 7.19. The molecule has 2 radical (unpaired) electrons. The van der Waals surface area contributed by atoms with Gasteiger partial charge in [0.1, 0.15) is 26.2 Å². The molecule has 8 heteroatoms. The molecule has 0 aromatic rings. The molecule has 1 fully saturated rings. The average Bonchev–Trinajstić information content (AvgIpc) is 2.39. The van der Waals surface area contributed by atoms with Crippen LogP contribution >= 0.6 is 7.60 Å². The zero-order valence-corrected chi connectivity index (χ0v) is 11.4. The summed E-state index contributed by atoms with van der Waals surface area (Å²) in [7, 11) is 1.39. The lowest BCUT2D eigenvalue weighted by atomic mass is 9.92. The van der Waals surface area contributed by atoms with Crippen molar-refractivity contribution in [1.29, 1.82) is 0 Å². The quantitative estimate of drug-likeness (QED) is 0.500. The monoisotopic (exact) mass is 276 g/mol. The first-order valence-electron chi connectivity index (χ1n) is 5.51. The second-order valence-corrected chi connectivity index (χ2v) is 6.66. The van der Waals surface area contributed by atoms with Crippen molar-refractivity contribution in [2.45, 2.75) is 50.7 Å². The third-order valence-corrected chi connectivity index (χ3v) is 2.83. The predicted molar refractivity (Wildman–Crippen MR) is 66.2 cm³/mol. The largest absolute Gasteiger partial charge is 0.387 e. The summed E-state index contributed by atoms with van der Waals surface area (Å²) in [5.74, 6) is 0.688. The number of rotatable bonds is 3. The minimum Gasteiger partial charge on any atom is -0.387 e. The lowest BCUT2D eigenvalue weighted by Gasteiger charge is -2.28. The van der Waals surface area contributed by atoms with Gasteiger partial charge in [0, 0.05) is 11.8 Å². The highest BCUT2D eigenvalue weighted by atomic mass is 31.2. The molecule has 1 heterocycles. The van der Waals surface area contributed by atoms with Gasteiger partial charge in [-0.3, -0.25) is 4.57 Å². The predicted octanol–water partition coefficient (Wildman–Crippen LogP) is 0.116. The number of aliphatic hydroxyl groups excluding tert-OH is 1. The van der Waals surface area contributed by atoms with Crippen LogP contribution in [0.3, 0.4) is 0 Å². The highest BCUT2D eigenvalue weighted by Crippen LogP contribution is 2.37. The Bertz CT molecular complexity index is 360. The zero-order valence-electron chi connectivity index (χ0n) is 10.6. The fourth-order valence-electron chi connectivity index (χ4n) is 1.62. The normalized spacial score (nSPS) is 34.3. The van der Waals surface area contributed by atoms with Crippen molar-refractivity contribution in [3.63, 3.8) is 0 Å². The van der Waals surface area contributed by atoms with E-state index in [4.69, 9.17) is 27.1 Å². The highest BCUT2D eigenvalue weighted by Gasteiger charge is 2.42. The minimum atomic E-state index is -4.28. The van der Waals surface area contributed by atoms with Gasteiger partial charge < -0.3 is 24.4 Å². The van der Waals surface area contributed by atoms with E-state index in [1.807, 2.05) is 20.8 Å². The topological polar surface area (TPSA) is 96.2 Å². The summed E-state index contributed by atoms with van der Waals surface area (Å²) in [5, 5.41) is 9.95. The van der Waals surface area contributed by atoms with Crippen molar-refractivity contribution in [3.05, 3.63) is 11.9 Å². The number of hydrogen-bond donors (Lipinski definition) is 3. The number of ether oxygens (including phenoxy) is 2. The van der Waals surface area contributed by atoms with E-state index in [1.165, 1.54) is 0 Å². The zero-order chi connectivity index (χ0) is 14.1. The van der Waals surface area contributed by atoms with Crippen LogP contribution in [0.15, 0.2) is 11.9 Å². The van der Waals surface area contributed by atoms with Gasteiger partial charge in [-0.25, -0.2) is 0 Å². The Labute approximate surface area is 108 Å². The molecule has 0 amide bonds. The van der Waals surface area contributed by atoms with Crippen LogP contribution in [-0.4, -0.2) is 52.7 Å². The van der Waals surface area contributed by atoms with E-state index in [9.17, 15) is 9.67 Å². The second-order valence-electron chi connectivity index (χ2n) is 5.18. The van der Waals surface area contributed by atoms with Gasteiger partial charge in [0.05, 0.1) is 5.60 Å². The average molecular weight is 276 g/mol. The maximum absolute atomic E-state index is 10.7. The van der Waals surface area contributed by atoms with Crippen LogP contribution in [0.4, 0.5) is 0 Å². The third kappa shape index (κ3) is 4.84. The Morgan fingerprint density at radius 1 is 1.39 bits per heavy atom. The van der Waals surface area contributed by atoms with Gasteiger partial charge in [-0.2, -0.15) is 0 Å². The van der Waals surface area contributed by atoms with E-state index in [2.05, 4.69) is 0 Å². The van der Waals surface area contributed by atoms with Gasteiger partial charge in [-0.1, -0.05) is 0 Å². The van der Waals surface area contributed by atoms with E-state index in [1.54, 1.807) is 0 Å². The van der Waals surface area contributed by atoms with Crippen LogP contribution in [0.25, 0.3) is 0 Å². The molecule has 0 aliphatic carbocycles. The van der Waals surface area contributed by atoms with Crippen LogP contribution in [-0.2, 0) is 14.0 Å². The molecule has 0 spiro atoms. The van der Waals surface area contributed by atoms with Crippen LogP contribution in [0.1, 0.15) is 20.8 Å². The molecule has 0 aromatic heterocycles. The summed E-state index contributed by atoms with van der Waals surface area (Å²) in [4.78, 5) is 17.4. The van der Waals surface area contributed by atoms with E-state index in [0.717, 1.165) is 6.08 Å². The molecular weight excluding hydrogens is 258 g/mol. The van der Waals surface area contributed by atoms with E-state index < -0.39 is 37.5 Å². The maximum atomic E-state index is 10.7. The maximum Gasteiger partial charge on any atom is 0.348 e. The Kier molecular flexibility index (Phi) is 4.81. The standard InChI is InChI=1S/C10H18BO6P/c1-10(2,3)17-8-7(12)6(16-9(8)11)4-5-18(13,14)15/h4-9,12H,1-3H3,(H2,13,14,15)/b5-4+. The van der Waals surface area contributed by atoms with Crippen LogP contribution in [0.5, 0.6) is 0 Å². The molecule has 1 aliphatic rings. The van der Waals surface area contributed by atoms with Gasteiger partial charge in [0.25, 0.3) is 0 Å². The Morgan fingerprint density at radius 2 is 1.94 bits per heavy atom. The van der Waals surface area contributed by atoms with Crippen molar-refractivity contribution >= 4 is 15.4 Å². The number of hydrogen-bond acceptors (Lipinski definition) is 4. The fraction of sp³-hybridized carbons (Fsp3) is 0.800. The van der Waals surface area contributed by atoms with E-state index in [0.29, 0.717) is 5.82 Å². The minimum absolute atomic E-state index is 0.505. The summed E-state index contributed by atoms with van der Waals surface area (Å²) in [6.45, 7) is 5.43. The molecule has 102 valence electrons. The SMILES string of the molecule is [B]C1OC(/C=C/P(=O)(O)O)C(O)C1OC(C)(C)C. The van der Waals surface area contributed by atoms with E-state index in [-0.39, 0.29) is 0 Å². The van der Waals surface area contributed by atoms with Crippen molar-refractivity contribution < 1.29 is 28.9 Å². The Morgan fingerprint density at radius 3 is 2.39 bits per heavy atom. The molecule has 0 bridgehead atoms. The van der Waals surface area contributed by atoms with Crippen LogP contribution in [0, 0.1) is 0 Å². The summed E-state index contributed by atoms with van der Waals surface area (Å²) >= 11 is 0. The van der Waals surface area contributed by atoms with Gasteiger partial charge in [0.15, 0.2) is 0 Å². The molecular formula is C10H18BO6P. The van der Waals surface area contributed by atoms with Gasteiger partial charge in [-0.15, -0.1) is 0 Å².